The van der Waals surface area contributed by atoms with Gasteiger partial charge in [-0.25, -0.2) is 4.79 Å². The largest absolute Gasteiger partial charge is 0.441 e. The normalized spacial score (nSPS) is 14.4. The molecule has 28 heavy (non-hydrogen) atoms. The first kappa shape index (κ1) is 20.0. The molecule has 0 aliphatic heterocycles. The first-order valence-corrected chi connectivity index (χ1v) is 8.89. The molecular formula is C16H10F5NO5S. The van der Waals surface area contributed by atoms with Gasteiger partial charge in [-0.3, -0.25) is 4.55 Å². The van der Waals surface area contributed by atoms with Crippen LogP contribution in [0.25, 0.3) is 21.8 Å². The first-order valence-electron chi connectivity index (χ1n) is 7.45. The van der Waals surface area contributed by atoms with Crippen molar-refractivity contribution in [1.29, 1.82) is 0 Å². The number of H-pyrrole nitrogens is 1. The standard InChI is InChI=1S/C16H10F5NO5S/c17-15(18,19)14(16(20,21)28(24,25)26)27-13(23)8-5-6-10-9-3-1-2-4-11(9)22-12(10)7-8/h1-7,14,22H,(H,24,25,26). The van der Waals surface area contributed by atoms with E-state index in [0.717, 1.165) is 17.5 Å². The van der Waals surface area contributed by atoms with E-state index in [-0.39, 0.29) is 0 Å². The number of alkyl halides is 5. The summed E-state index contributed by atoms with van der Waals surface area (Å²) in [6, 6.07) is 10.4. The number of hydrogen-bond donors (Lipinski definition) is 2. The number of hydrogen-bond acceptors (Lipinski definition) is 4. The highest BCUT2D eigenvalue weighted by Gasteiger charge is 2.66. The van der Waals surface area contributed by atoms with Crippen molar-refractivity contribution in [2.24, 2.45) is 0 Å². The van der Waals surface area contributed by atoms with Crippen LogP contribution in [0.5, 0.6) is 0 Å². The highest BCUT2D eigenvalue weighted by Crippen LogP contribution is 2.38. The van der Waals surface area contributed by atoms with Crippen LogP contribution in [0.4, 0.5) is 22.0 Å². The smallest absolute Gasteiger partial charge is 0.432 e. The average molecular weight is 423 g/mol. The van der Waals surface area contributed by atoms with Crippen LogP contribution in [0.3, 0.4) is 0 Å². The van der Waals surface area contributed by atoms with Gasteiger partial charge in [0, 0.05) is 21.8 Å². The number of para-hydroxylation sites is 1. The van der Waals surface area contributed by atoms with Crippen LogP contribution in [-0.2, 0) is 14.9 Å². The summed E-state index contributed by atoms with van der Waals surface area (Å²) < 4.78 is 99.1. The monoisotopic (exact) mass is 423 g/mol. The van der Waals surface area contributed by atoms with Crippen LogP contribution in [0, 0.1) is 0 Å². The summed E-state index contributed by atoms with van der Waals surface area (Å²) in [6.45, 7) is 0. The number of rotatable bonds is 4. The molecule has 0 saturated heterocycles. The molecule has 6 nitrogen and oxygen atoms in total. The lowest BCUT2D eigenvalue weighted by molar-refractivity contribution is -0.248. The quantitative estimate of drug-likeness (QED) is 0.377. The van der Waals surface area contributed by atoms with E-state index in [1.54, 1.807) is 24.3 Å². The summed E-state index contributed by atoms with van der Waals surface area (Å²) in [5, 5.41) is -4.42. The number of aromatic nitrogens is 1. The summed E-state index contributed by atoms with van der Waals surface area (Å²) in [5.74, 6) is -1.84. The zero-order valence-electron chi connectivity index (χ0n) is 13.5. The van der Waals surface area contributed by atoms with Crippen LogP contribution < -0.4 is 0 Å². The summed E-state index contributed by atoms with van der Waals surface area (Å²) >= 11 is 0. The number of benzene rings is 2. The van der Waals surface area contributed by atoms with E-state index in [4.69, 9.17) is 4.55 Å². The Morgan fingerprint density at radius 2 is 1.61 bits per heavy atom. The van der Waals surface area contributed by atoms with Gasteiger partial charge in [-0.05, 0) is 18.2 Å². The fraction of sp³-hybridized carbons (Fsp3) is 0.188. The fourth-order valence-corrected chi connectivity index (χ4v) is 3.07. The third-order valence-corrected chi connectivity index (χ3v) is 4.82. The van der Waals surface area contributed by atoms with Crippen LogP contribution in [0.1, 0.15) is 10.4 Å². The Balaban J connectivity index is 1.99. The van der Waals surface area contributed by atoms with Crippen molar-refractivity contribution in [2.75, 3.05) is 0 Å². The summed E-state index contributed by atoms with van der Waals surface area (Å²) in [5.41, 5.74) is 0.453. The molecule has 2 N–H and O–H groups in total. The molecule has 0 aliphatic carbocycles. The van der Waals surface area contributed by atoms with Gasteiger partial charge >= 0.3 is 27.5 Å². The molecule has 1 aromatic heterocycles. The second-order valence-electron chi connectivity index (χ2n) is 5.79. The van der Waals surface area contributed by atoms with Gasteiger partial charge in [0.15, 0.2) is 0 Å². The molecule has 0 saturated carbocycles. The lowest BCUT2D eigenvalue weighted by atomic mass is 10.1. The second-order valence-corrected chi connectivity index (χ2v) is 7.29. The molecule has 2 aromatic carbocycles. The van der Waals surface area contributed by atoms with E-state index in [2.05, 4.69) is 9.72 Å². The predicted octanol–water partition coefficient (Wildman–Crippen LogP) is 3.89. The van der Waals surface area contributed by atoms with Crippen LogP contribution in [0.15, 0.2) is 42.5 Å². The predicted molar refractivity (Wildman–Crippen MR) is 87.6 cm³/mol. The van der Waals surface area contributed by atoms with Gasteiger partial charge in [-0.2, -0.15) is 30.4 Å². The number of aromatic amines is 1. The van der Waals surface area contributed by atoms with Gasteiger partial charge in [0.2, 0.25) is 0 Å². The van der Waals surface area contributed by atoms with E-state index in [9.17, 15) is 35.2 Å². The Kier molecular flexibility index (Phi) is 4.58. The number of nitrogens with one attached hydrogen (secondary N) is 1. The lowest BCUT2D eigenvalue weighted by Gasteiger charge is -2.26. The summed E-state index contributed by atoms with van der Waals surface area (Å²) in [7, 11) is -6.50. The fourth-order valence-electron chi connectivity index (χ4n) is 2.62. The molecule has 1 heterocycles. The van der Waals surface area contributed by atoms with Crippen molar-refractivity contribution < 1.29 is 44.5 Å². The number of carbonyl (C=O) groups is 1. The third kappa shape index (κ3) is 3.40. The minimum Gasteiger partial charge on any atom is -0.441 e. The third-order valence-electron chi connectivity index (χ3n) is 3.91. The molecule has 1 atom stereocenters. The van der Waals surface area contributed by atoms with Crippen molar-refractivity contribution >= 4 is 37.9 Å². The minimum atomic E-state index is -6.50. The molecule has 0 fully saturated rings. The van der Waals surface area contributed by atoms with Crippen molar-refractivity contribution in [1.82, 2.24) is 4.98 Å². The summed E-state index contributed by atoms with van der Waals surface area (Å²) in [6.07, 6.45) is -10.3. The van der Waals surface area contributed by atoms with Gasteiger partial charge in [0.1, 0.15) is 0 Å². The van der Waals surface area contributed by atoms with Crippen molar-refractivity contribution in [2.45, 2.75) is 17.5 Å². The highest BCUT2D eigenvalue weighted by atomic mass is 32.2. The van der Waals surface area contributed by atoms with Gasteiger partial charge in [-0.1, -0.05) is 24.3 Å². The molecule has 0 amide bonds. The Labute approximate surface area is 153 Å². The topological polar surface area (TPSA) is 96.5 Å². The zero-order chi connectivity index (χ0) is 20.9. The maximum absolute atomic E-state index is 13.5. The van der Waals surface area contributed by atoms with Crippen molar-refractivity contribution in [3.8, 4) is 0 Å². The molecule has 0 radical (unpaired) electrons. The van der Waals surface area contributed by atoms with Gasteiger partial charge in [0.25, 0.3) is 6.10 Å². The van der Waals surface area contributed by atoms with Gasteiger partial charge in [0.05, 0.1) is 5.56 Å². The Morgan fingerprint density at radius 3 is 2.21 bits per heavy atom. The SMILES string of the molecule is O=C(OC(C(F)(F)F)C(F)(F)S(=O)(=O)O)c1ccc2c(c1)[nH]c1ccccc12. The number of ether oxygens (including phenoxy) is 1. The number of halogens is 5. The molecule has 1 unspecified atom stereocenters. The van der Waals surface area contributed by atoms with Gasteiger partial charge < -0.3 is 9.72 Å². The van der Waals surface area contributed by atoms with E-state index in [1.807, 2.05) is 0 Å². The lowest BCUT2D eigenvalue weighted by Crippen LogP contribution is -2.52. The zero-order valence-corrected chi connectivity index (χ0v) is 14.3. The number of fused-ring (bicyclic) bond motifs is 3. The summed E-state index contributed by atoms with van der Waals surface area (Å²) in [4.78, 5) is 14.9. The Bertz CT molecular complexity index is 1170. The second kappa shape index (κ2) is 6.41. The highest BCUT2D eigenvalue weighted by molar-refractivity contribution is 7.86. The molecular weight excluding hydrogens is 413 g/mol. The van der Waals surface area contributed by atoms with E-state index < -0.39 is 39.2 Å². The van der Waals surface area contributed by atoms with E-state index in [1.165, 1.54) is 6.07 Å². The van der Waals surface area contributed by atoms with Crippen LogP contribution in [-0.4, -0.2) is 41.5 Å². The molecule has 3 rings (SSSR count). The molecule has 3 aromatic rings. The van der Waals surface area contributed by atoms with Crippen LogP contribution in [0.2, 0.25) is 0 Å². The van der Waals surface area contributed by atoms with Crippen LogP contribution >= 0.6 is 0 Å². The first-order chi connectivity index (χ1) is 12.8. The molecule has 12 heteroatoms. The number of esters is 1. The maximum Gasteiger partial charge on any atom is 0.432 e. The Morgan fingerprint density at radius 1 is 1.00 bits per heavy atom. The van der Waals surface area contributed by atoms with Crippen molar-refractivity contribution in [3.63, 3.8) is 0 Å². The van der Waals surface area contributed by atoms with E-state index >= 15 is 0 Å². The molecule has 0 bridgehead atoms. The molecule has 0 spiro atoms. The maximum atomic E-state index is 13.5. The average Bonchev–Trinajstić information content (AvgIpc) is 2.94. The minimum absolute atomic E-state index is 0.320. The Hall–Kier alpha value is -2.73. The van der Waals surface area contributed by atoms with Crippen molar-refractivity contribution in [3.05, 3.63) is 48.0 Å². The number of carbonyl (C=O) groups excluding carboxylic acids is 1. The van der Waals surface area contributed by atoms with E-state index in [0.29, 0.717) is 16.4 Å². The van der Waals surface area contributed by atoms with Gasteiger partial charge in [-0.15, -0.1) is 0 Å². The molecule has 0 aliphatic rings. The molecule has 150 valence electrons.